The number of hydrogen-bond donors (Lipinski definition) is 2. The van der Waals surface area contributed by atoms with Gasteiger partial charge >= 0.3 is 5.97 Å². The van der Waals surface area contributed by atoms with Gasteiger partial charge < -0.3 is 15.4 Å². The Morgan fingerprint density at radius 3 is 1.91 bits per heavy atom. The topological polar surface area (TPSA) is 119 Å². The molecule has 3 aromatic carbocycles. The van der Waals surface area contributed by atoms with Crippen molar-refractivity contribution in [3.8, 4) is 0 Å². The molecule has 0 bridgehead atoms. The molecule has 0 aliphatic heterocycles. The minimum atomic E-state index is -1.18. The summed E-state index contributed by atoms with van der Waals surface area (Å²) in [7, 11) is 0. The first-order chi connectivity index (χ1) is 16.3. The van der Waals surface area contributed by atoms with Crippen LogP contribution in [0.15, 0.2) is 66.7 Å². The molecule has 4 rings (SSSR count). The maximum absolute atomic E-state index is 13.1. The van der Waals surface area contributed by atoms with Crippen molar-refractivity contribution in [2.45, 2.75) is 20.0 Å². The molecule has 0 aromatic heterocycles. The molecule has 0 saturated carbocycles. The fourth-order valence-electron chi connectivity index (χ4n) is 3.68. The van der Waals surface area contributed by atoms with Gasteiger partial charge in [0.15, 0.2) is 17.7 Å². The highest BCUT2D eigenvalue weighted by atomic mass is 16.5. The van der Waals surface area contributed by atoms with E-state index in [2.05, 4.69) is 10.6 Å². The predicted octanol–water partition coefficient (Wildman–Crippen LogP) is 3.60. The van der Waals surface area contributed by atoms with E-state index in [4.69, 9.17) is 4.74 Å². The van der Waals surface area contributed by atoms with Gasteiger partial charge in [-0.15, -0.1) is 0 Å². The molecular formula is C26H20N2O6. The molecule has 0 saturated heterocycles. The van der Waals surface area contributed by atoms with E-state index >= 15 is 0 Å². The average molecular weight is 456 g/mol. The quantitative estimate of drug-likeness (QED) is 0.443. The van der Waals surface area contributed by atoms with E-state index in [-0.39, 0.29) is 39.5 Å². The van der Waals surface area contributed by atoms with Crippen LogP contribution in [0.5, 0.6) is 0 Å². The Hall–Kier alpha value is -4.59. The van der Waals surface area contributed by atoms with Gasteiger partial charge in [0.25, 0.3) is 5.91 Å². The van der Waals surface area contributed by atoms with Gasteiger partial charge in [0, 0.05) is 40.6 Å². The van der Waals surface area contributed by atoms with E-state index in [1.165, 1.54) is 38.1 Å². The first kappa shape index (κ1) is 22.6. The lowest BCUT2D eigenvalue weighted by Crippen LogP contribution is -2.31. The zero-order chi connectivity index (χ0) is 24.4. The van der Waals surface area contributed by atoms with Crippen molar-refractivity contribution in [3.05, 3.63) is 94.5 Å². The summed E-state index contributed by atoms with van der Waals surface area (Å²) in [5.41, 5.74) is 1.52. The van der Waals surface area contributed by atoms with Crippen LogP contribution in [-0.2, 0) is 14.3 Å². The second kappa shape index (κ2) is 9.11. The van der Waals surface area contributed by atoms with Crippen molar-refractivity contribution in [2.75, 3.05) is 10.6 Å². The molecule has 2 amide bonds. The second-order valence-electron chi connectivity index (χ2n) is 7.73. The number of esters is 1. The number of fused-ring (bicyclic) bond motifs is 2. The van der Waals surface area contributed by atoms with Crippen LogP contribution >= 0.6 is 0 Å². The van der Waals surface area contributed by atoms with E-state index in [0.29, 0.717) is 11.4 Å². The molecule has 2 N–H and O–H groups in total. The number of hydrogen-bond acceptors (Lipinski definition) is 6. The summed E-state index contributed by atoms with van der Waals surface area (Å²) < 4.78 is 5.31. The van der Waals surface area contributed by atoms with E-state index in [0.717, 1.165) is 0 Å². The molecule has 3 aromatic rings. The Kier molecular flexibility index (Phi) is 6.05. The lowest BCUT2D eigenvalue weighted by atomic mass is 9.82. The Morgan fingerprint density at radius 2 is 1.29 bits per heavy atom. The van der Waals surface area contributed by atoms with Crippen molar-refractivity contribution in [3.63, 3.8) is 0 Å². The van der Waals surface area contributed by atoms with Gasteiger partial charge in [-0.1, -0.05) is 36.4 Å². The van der Waals surface area contributed by atoms with Crippen LogP contribution in [0.3, 0.4) is 0 Å². The highest BCUT2D eigenvalue weighted by molar-refractivity contribution is 6.30. The largest absolute Gasteiger partial charge is 0.449 e. The van der Waals surface area contributed by atoms with Crippen molar-refractivity contribution in [1.82, 2.24) is 0 Å². The molecule has 34 heavy (non-hydrogen) atoms. The highest BCUT2D eigenvalue weighted by Crippen LogP contribution is 2.30. The van der Waals surface area contributed by atoms with Gasteiger partial charge in [0.2, 0.25) is 5.91 Å². The fourth-order valence-corrected chi connectivity index (χ4v) is 3.68. The molecule has 0 radical (unpaired) electrons. The third-order valence-corrected chi connectivity index (χ3v) is 5.30. The number of amides is 2. The molecule has 8 heteroatoms. The van der Waals surface area contributed by atoms with Crippen LogP contribution in [0.2, 0.25) is 0 Å². The molecule has 0 heterocycles. The minimum absolute atomic E-state index is 0.0302. The Labute approximate surface area is 194 Å². The Balaban J connectivity index is 1.50. The number of carbonyl (C=O) groups excluding carboxylic acids is 5. The van der Waals surface area contributed by atoms with Gasteiger partial charge in [-0.3, -0.25) is 19.2 Å². The van der Waals surface area contributed by atoms with Crippen molar-refractivity contribution >= 4 is 40.7 Å². The number of nitrogens with one attached hydrogen (secondary N) is 2. The summed E-state index contributed by atoms with van der Waals surface area (Å²) in [5, 5.41) is 5.24. The number of carbonyl (C=O) groups is 5. The third-order valence-electron chi connectivity index (χ3n) is 5.30. The summed E-state index contributed by atoms with van der Waals surface area (Å²) >= 11 is 0. The normalized spacial score (nSPS) is 12.8. The summed E-state index contributed by atoms with van der Waals surface area (Å²) in [6, 6.07) is 17.2. The number of benzene rings is 3. The molecule has 1 unspecified atom stereocenters. The minimum Gasteiger partial charge on any atom is -0.449 e. The third kappa shape index (κ3) is 4.33. The van der Waals surface area contributed by atoms with Crippen LogP contribution in [0.4, 0.5) is 11.4 Å². The second-order valence-corrected chi connectivity index (χ2v) is 7.73. The monoisotopic (exact) mass is 456 g/mol. The van der Waals surface area contributed by atoms with Gasteiger partial charge in [0.05, 0.1) is 5.56 Å². The Morgan fingerprint density at radius 1 is 0.735 bits per heavy atom. The number of ketones is 2. The van der Waals surface area contributed by atoms with Gasteiger partial charge in [0.1, 0.15) is 0 Å². The molecule has 170 valence electrons. The molecule has 8 nitrogen and oxygen atoms in total. The molecule has 1 aliphatic rings. The summed E-state index contributed by atoms with van der Waals surface area (Å²) in [4.78, 5) is 62.4. The first-order valence-electron chi connectivity index (χ1n) is 10.5. The van der Waals surface area contributed by atoms with E-state index in [1.807, 2.05) is 0 Å². The SMILES string of the molecule is CC(=O)Nc1ccc(NC(=O)C(C)OC(=O)c2cccc3c2C(=O)c2ccccc2C3=O)cc1. The van der Waals surface area contributed by atoms with Crippen LogP contribution in [0.25, 0.3) is 0 Å². The lowest BCUT2D eigenvalue weighted by Gasteiger charge is -2.20. The van der Waals surface area contributed by atoms with Crippen LogP contribution in [-0.4, -0.2) is 35.5 Å². The summed E-state index contributed by atoms with van der Waals surface area (Å²) in [6.07, 6.45) is -1.18. The number of anilines is 2. The zero-order valence-electron chi connectivity index (χ0n) is 18.4. The van der Waals surface area contributed by atoms with E-state index in [9.17, 15) is 24.0 Å². The Bertz CT molecular complexity index is 1340. The molecule has 1 atom stereocenters. The lowest BCUT2D eigenvalue weighted by molar-refractivity contribution is -0.123. The van der Waals surface area contributed by atoms with Crippen molar-refractivity contribution < 1.29 is 28.7 Å². The standard InChI is InChI=1S/C26H20N2O6/c1-14(25(32)28-17-12-10-16(11-13-17)27-15(2)29)34-26(33)21-9-5-8-20-22(21)24(31)19-7-4-3-6-18(19)23(20)30/h3-14H,1-2H3,(H,27,29)(H,28,32). The number of ether oxygens (including phenoxy) is 1. The van der Waals surface area contributed by atoms with Gasteiger partial charge in [-0.25, -0.2) is 4.79 Å². The smallest absolute Gasteiger partial charge is 0.339 e. The van der Waals surface area contributed by atoms with Crippen LogP contribution in [0, 0.1) is 0 Å². The van der Waals surface area contributed by atoms with Crippen molar-refractivity contribution in [2.24, 2.45) is 0 Å². The molecule has 0 spiro atoms. The van der Waals surface area contributed by atoms with Crippen LogP contribution < -0.4 is 10.6 Å². The highest BCUT2D eigenvalue weighted by Gasteiger charge is 2.34. The molecular weight excluding hydrogens is 436 g/mol. The van der Waals surface area contributed by atoms with E-state index in [1.54, 1.807) is 42.5 Å². The van der Waals surface area contributed by atoms with Gasteiger partial charge in [-0.05, 0) is 37.3 Å². The average Bonchev–Trinajstić information content (AvgIpc) is 2.82. The summed E-state index contributed by atoms with van der Waals surface area (Å²) in [5.74, 6) is -2.49. The maximum Gasteiger partial charge on any atom is 0.339 e. The van der Waals surface area contributed by atoms with E-state index < -0.39 is 23.8 Å². The van der Waals surface area contributed by atoms with Gasteiger partial charge in [-0.2, -0.15) is 0 Å². The summed E-state index contributed by atoms with van der Waals surface area (Å²) in [6.45, 7) is 2.79. The van der Waals surface area contributed by atoms with Crippen molar-refractivity contribution in [1.29, 1.82) is 0 Å². The molecule has 0 fully saturated rings. The first-order valence-corrected chi connectivity index (χ1v) is 10.5. The predicted molar refractivity (Wildman–Crippen MR) is 124 cm³/mol. The molecule has 1 aliphatic carbocycles. The fraction of sp³-hybridized carbons (Fsp3) is 0.115. The van der Waals surface area contributed by atoms with Crippen LogP contribution in [0.1, 0.15) is 56.0 Å². The number of rotatable bonds is 5. The zero-order valence-corrected chi connectivity index (χ0v) is 18.4. The maximum atomic E-state index is 13.1.